The lowest BCUT2D eigenvalue weighted by atomic mass is 9.98. The molecule has 0 bridgehead atoms. The van der Waals surface area contributed by atoms with E-state index in [2.05, 4.69) is 93.7 Å². The lowest BCUT2D eigenvalue weighted by molar-refractivity contribution is -0.301. The predicted molar refractivity (Wildman–Crippen MR) is 294 cm³/mol. The number of carboxylic acids is 1. The van der Waals surface area contributed by atoms with Gasteiger partial charge in [-0.3, -0.25) is 14.4 Å². The van der Waals surface area contributed by atoms with Crippen LogP contribution in [0.5, 0.6) is 0 Å². The summed E-state index contributed by atoms with van der Waals surface area (Å²) in [6.07, 6.45) is 48.7. The van der Waals surface area contributed by atoms with E-state index >= 15 is 0 Å². The highest BCUT2D eigenvalue weighted by Crippen LogP contribution is 2.26. The summed E-state index contributed by atoms with van der Waals surface area (Å²) in [5.41, 5.74) is 0. The number of hydrogen-bond donors (Lipinski definition) is 3. The Labute approximate surface area is 442 Å². The molecule has 73 heavy (non-hydrogen) atoms. The van der Waals surface area contributed by atoms with Crippen molar-refractivity contribution in [2.24, 2.45) is 0 Å². The molecule has 1 fully saturated rings. The third-order valence-electron chi connectivity index (χ3n) is 12.8. The number of carbonyl (C=O) groups is 4. The molecule has 0 saturated carbocycles. The van der Waals surface area contributed by atoms with Crippen LogP contribution in [0.15, 0.2) is 72.9 Å². The van der Waals surface area contributed by atoms with E-state index in [0.29, 0.717) is 19.3 Å². The highest BCUT2D eigenvalue weighted by atomic mass is 16.7. The fourth-order valence-electron chi connectivity index (χ4n) is 8.40. The van der Waals surface area contributed by atoms with Gasteiger partial charge in [0.2, 0.25) is 0 Å². The van der Waals surface area contributed by atoms with Crippen molar-refractivity contribution < 1.29 is 58.2 Å². The number of carboxylic acid groups (broad SMARTS) is 1. The second kappa shape index (κ2) is 49.1. The zero-order valence-corrected chi connectivity index (χ0v) is 45.9. The van der Waals surface area contributed by atoms with Gasteiger partial charge >= 0.3 is 23.9 Å². The van der Waals surface area contributed by atoms with Crippen LogP contribution in [-0.2, 0) is 42.9 Å². The first-order valence-corrected chi connectivity index (χ1v) is 28.9. The molecule has 1 aliphatic rings. The average Bonchev–Trinajstić information content (AvgIpc) is 3.37. The zero-order valence-electron chi connectivity index (χ0n) is 45.9. The first kappa shape index (κ1) is 67.2. The zero-order chi connectivity index (χ0) is 53.3. The van der Waals surface area contributed by atoms with E-state index in [0.717, 1.165) is 122 Å². The van der Waals surface area contributed by atoms with Gasteiger partial charge in [0.15, 0.2) is 24.6 Å². The van der Waals surface area contributed by atoms with Crippen molar-refractivity contribution >= 4 is 23.9 Å². The number of carbonyl (C=O) groups excluding carboxylic acids is 3. The van der Waals surface area contributed by atoms with Gasteiger partial charge in [-0.15, -0.1) is 0 Å². The number of rotatable bonds is 48. The highest BCUT2D eigenvalue weighted by molar-refractivity contribution is 5.74. The van der Waals surface area contributed by atoms with Crippen LogP contribution in [0.4, 0.5) is 0 Å². The molecule has 0 aromatic heterocycles. The van der Waals surface area contributed by atoms with Crippen LogP contribution in [-0.4, -0.2) is 89.2 Å². The molecule has 6 atom stereocenters. The quantitative estimate of drug-likeness (QED) is 0.0228. The second-order valence-corrected chi connectivity index (χ2v) is 19.5. The Bertz CT molecular complexity index is 1550. The number of unbranched alkanes of at least 4 members (excludes halogenated alkanes) is 22. The molecular weight excluding hydrogens is 925 g/mol. The minimum Gasteiger partial charge on any atom is -0.479 e. The Morgan fingerprint density at radius 3 is 1.32 bits per heavy atom. The maximum atomic E-state index is 13.1. The first-order chi connectivity index (χ1) is 35.6. The average molecular weight is 1030 g/mol. The molecule has 0 aromatic carbocycles. The summed E-state index contributed by atoms with van der Waals surface area (Å²) in [5.74, 6) is -3.16. The predicted octanol–water partition coefficient (Wildman–Crippen LogP) is 14.6. The van der Waals surface area contributed by atoms with E-state index in [1.165, 1.54) is 57.8 Å². The van der Waals surface area contributed by atoms with Gasteiger partial charge in [-0.2, -0.15) is 0 Å². The number of esters is 3. The molecular formula is C61H102O12. The molecule has 1 rings (SSSR count). The molecule has 1 heterocycles. The van der Waals surface area contributed by atoms with Gasteiger partial charge in [0, 0.05) is 19.3 Å². The van der Waals surface area contributed by atoms with Crippen molar-refractivity contribution in [1.82, 2.24) is 0 Å². The number of allylic oxidation sites excluding steroid dienone is 12. The summed E-state index contributed by atoms with van der Waals surface area (Å²) >= 11 is 0. The molecule has 3 N–H and O–H groups in total. The third-order valence-corrected chi connectivity index (χ3v) is 12.8. The van der Waals surface area contributed by atoms with Gasteiger partial charge in [-0.05, 0) is 83.5 Å². The lowest BCUT2D eigenvalue weighted by Crippen LogP contribution is -2.61. The van der Waals surface area contributed by atoms with Gasteiger partial charge in [-0.1, -0.05) is 209 Å². The van der Waals surface area contributed by atoms with Crippen LogP contribution < -0.4 is 0 Å². The standard InChI is InChI=1S/C61H102O12/c1-4-7-10-13-16-19-22-25-27-30-32-35-38-41-44-47-53(62)69-50-52(71-54(63)48-45-42-39-36-33-29-24-21-18-15-12-9-6-3)51-70-61-59(57(66)56(65)58(73-61)60(67)68)72-55(64)49-46-43-40-37-34-31-28-26-23-20-17-14-11-8-5-2/h7-8,10-11,16-17,19-20,25-28,52,56-59,61,65-66H,4-6,9,12-15,18,21-24,29-51H2,1-3H3,(H,67,68)/b10-7-,11-8-,19-16-,20-17-,27-25-,28-26-. The van der Waals surface area contributed by atoms with Gasteiger partial charge in [0.1, 0.15) is 18.8 Å². The normalized spacial score (nSPS) is 18.8. The van der Waals surface area contributed by atoms with Gasteiger partial charge in [0.25, 0.3) is 0 Å². The smallest absolute Gasteiger partial charge is 0.335 e. The van der Waals surface area contributed by atoms with Crippen molar-refractivity contribution in [2.75, 3.05) is 13.2 Å². The van der Waals surface area contributed by atoms with Gasteiger partial charge < -0.3 is 39.0 Å². The van der Waals surface area contributed by atoms with Crippen LogP contribution in [0.25, 0.3) is 0 Å². The van der Waals surface area contributed by atoms with Crippen molar-refractivity contribution in [3.63, 3.8) is 0 Å². The SMILES string of the molecule is CC/C=C\C/C=C\C/C=C\CCCCCCCC(=O)OCC(COC1OC(C(=O)O)C(O)C(O)C1OC(=O)CCCCCCC/C=C\C/C=C\C/C=C\CC)OC(=O)CCCCCCCCCCCCCCC. The molecule has 418 valence electrons. The fraction of sp³-hybridized carbons (Fsp3) is 0.738. The van der Waals surface area contributed by atoms with E-state index in [9.17, 15) is 34.5 Å². The molecule has 1 saturated heterocycles. The molecule has 0 spiro atoms. The summed E-state index contributed by atoms with van der Waals surface area (Å²) in [6, 6.07) is 0. The Balaban J connectivity index is 2.72. The number of aliphatic hydroxyl groups is 2. The summed E-state index contributed by atoms with van der Waals surface area (Å²) in [7, 11) is 0. The molecule has 0 aliphatic carbocycles. The van der Waals surface area contributed by atoms with Crippen LogP contribution in [0, 0.1) is 0 Å². The largest absolute Gasteiger partial charge is 0.479 e. The summed E-state index contributed by atoms with van der Waals surface area (Å²) in [5, 5.41) is 31.4. The monoisotopic (exact) mass is 1030 g/mol. The van der Waals surface area contributed by atoms with Gasteiger partial charge in [0.05, 0.1) is 6.61 Å². The Kier molecular flexibility index (Phi) is 45.1. The fourth-order valence-corrected chi connectivity index (χ4v) is 8.40. The van der Waals surface area contributed by atoms with E-state index in [1.54, 1.807) is 0 Å². The molecule has 1 aliphatic heterocycles. The topological polar surface area (TPSA) is 175 Å². The minimum atomic E-state index is -1.91. The summed E-state index contributed by atoms with van der Waals surface area (Å²) in [4.78, 5) is 51.1. The highest BCUT2D eigenvalue weighted by Gasteiger charge is 2.50. The molecule has 12 nitrogen and oxygen atoms in total. The maximum Gasteiger partial charge on any atom is 0.335 e. The Morgan fingerprint density at radius 2 is 0.863 bits per heavy atom. The van der Waals surface area contributed by atoms with E-state index < -0.39 is 67.3 Å². The number of aliphatic hydroxyl groups excluding tert-OH is 2. The second-order valence-electron chi connectivity index (χ2n) is 19.5. The molecule has 0 aromatic rings. The number of hydrogen-bond acceptors (Lipinski definition) is 11. The van der Waals surface area contributed by atoms with Crippen molar-refractivity contribution in [3.05, 3.63) is 72.9 Å². The third kappa shape index (κ3) is 39.3. The molecule has 12 heteroatoms. The summed E-state index contributed by atoms with van der Waals surface area (Å²) in [6.45, 7) is 5.74. The van der Waals surface area contributed by atoms with E-state index in [-0.39, 0.29) is 25.9 Å². The molecule has 0 radical (unpaired) electrons. The van der Waals surface area contributed by atoms with Crippen molar-refractivity contribution in [1.29, 1.82) is 0 Å². The first-order valence-electron chi connectivity index (χ1n) is 28.9. The minimum absolute atomic E-state index is 0.0383. The van der Waals surface area contributed by atoms with Gasteiger partial charge in [-0.25, -0.2) is 4.79 Å². The van der Waals surface area contributed by atoms with Crippen LogP contribution in [0.1, 0.15) is 239 Å². The molecule has 6 unspecified atom stereocenters. The Morgan fingerprint density at radius 1 is 0.466 bits per heavy atom. The maximum absolute atomic E-state index is 13.1. The number of ether oxygens (including phenoxy) is 5. The molecule has 0 amide bonds. The van der Waals surface area contributed by atoms with E-state index in [1.807, 2.05) is 0 Å². The number of aliphatic carboxylic acids is 1. The van der Waals surface area contributed by atoms with Crippen molar-refractivity contribution in [2.45, 2.75) is 276 Å². The summed E-state index contributed by atoms with van der Waals surface area (Å²) < 4.78 is 28.4. The van der Waals surface area contributed by atoms with Crippen molar-refractivity contribution in [3.8, 4) is 0 Å². The van der Waals surface area contributed by atoms with Crippen LogP contribution in [0.3, 0.4) is 0 Å². The van der Waals surface area contributed by atoms with E-state index in [4.69, 9.17) is 23.7 Å². The lowest BCUT2D eigenvalue weighted by Gasteiger charge is -2.40. The van der Waals surface area contributed by atoms with Crippen LogP contribution >= 0.6 is 0 Å². The Hall–Kier alpha value is -3.84. The van der Waals surface area contributed by atoms with Crippen LogP contribution in [0.2, 0.25) is 0 Å².